The lowest BCUT2D eigenvalue weighted by Crippen LogP contribution is -2.27. The van der Waals surface area contributed by atoms with Crippen molar-refractivity contribution in [1.82, 2.24) is 5.32 Å². The molecule has 98 valence electrons. The van der Waals surface area contributed by atoms with Gasteiger partial charge in [-0.25, -0.2) is 0 Å². The Kier molecular flexibility index (Phi) is 3.36. The average molecular weight is 253 g/mol. The van der Waals surface area contributed by atoms with Crippen molar-refractivity contribution < 1.29 is 5.11 Å². The molecular formula is C17H19NO. The molecule has 2 heteroatoms. The summed E-state index contributed by atoms with van der Waals surface area (Å²) in [6, 6.07) is 17.4. The van der Waals surface area contributed by atoms with Gasteiger partial charge in [0, 0.05) is 13.2 Å². The first kappa shape index (κ1) is 12.4. The van der Waals surface area contributed by atoms with E-state index in [1.807, 2.05) is 0 Å². The summed E-state index contributed by atoms with van der Waals surface area (Å²) in [5.41, 5.74) is 5.34. The van der Waals surface area contributed by atoms with Crippen LogP contribution in [0.1, 0.15) is 24.1 Å². The Balaban J connectivity index is 1.96. The van der Waals surface area contributed by atoms with E-state index in [1.165, 1.54) is 22.3 Å². The molecule has 0 fully saturated rings. The van der Waals surface area contributed by atoms with Gasteiger partial charge in [-0.3, -0.25) is 0 Å². The summed E-state index contributed by atoms with van der Waals surface area (Å²) in [4.78, 5) is 0. The zero-order chi connectivity index (χ0) is 13.2. The van der Waals surface area contributed by atoms with Crippen molar-refractivity contribution in [1.29, 1.82) is 0 Å². The minimum atomic E-state index is 0.225. The van der Waals surface area contributed by atoms with Gasteiger partial charge in [0.1, 0.15) is 0 Å². The highest BCUT2D eigenvalue weighted by molar-refractivity contribution is 5.78. The summed E-state index contributed by atoms with van der Waals surface area (Å²) >= 11 is 0. The van der Waals surface area contributed by atoms with Crippen LogP contribution in [0.4, 0.5) is 0 Å². The second-order valence-corrected chi connectivity index (χ2v) is 5.30. The summed E-state index contributed by atoms with van der Waals surface area (Å²) in [6.45, 7) is 3.10. The predicted octanol–water partition coefficient (Wildman–Crippen LogP) is 2.97. The molecular weight excluding hydrogens is 234 g/mol. The Bertz CT molecular complexity index is 533. The molecule has 2 aromatic carbocycles. The fraction of sp³-hybridized carbons (Fsp3) is 0.294. The molecule has 1 atom stereocenters. The molecule has 2 aromatic rings. The third kappa shape index (κ3) is 2.18. The number of nitrogens with one attached hydrogen (secondary N) is 1. The van der Waals surface area contributed by atoms with Crippen molar-refractivity contribution in [2.45, 2.75) is 13.0 Å². The first-order valence-electron chi connectivity index (χ1n) is 6.83. The number of benzene rings is 2. The molecule has 1 aliphatic rings. The highest BCUT2D eigenvalue weighted by Crippen LogP contribution is 2.42. The maximum atomic E-state index is 9.16. The van der Waals surface area contributed by atoms with Gasteiger partial charge in [-0.2, -0.15) is 0 Å². The molecule has 0 saturated carbocycles. The van der Waals surface area contributed by atoms with Gasteiger partial charge < -0.3 is 10.4 Å². The molecule has 2 nitrogen and oxygen atoms in total. The summed E-state index contributed by atoms with van der Waals surface area (Å²) in [5, 5.41) is 12.7. The molecule has 0 saturated heterocycles. The third-order valence-electron chi connectivity index (χ3n) is 3.82. The largest absolute Gasteiger partial charge is 0.396 e. The number of hydrogen-bond acceptors (Lipinski definition) is 2. The lowest BCUT2D eigenvalue weighted by atomic mass is 10.0. The number of hydrogen-bond donors (Lipinski definition) is 2. The van der Waals surface area contributed by atoms with Gasteiger partial charge in [-0.1, -0.05) is 55.5 Å². The Hall–Kier alpha value is -1.64. The fourth-order valence-electron chi connectivity index (χ4n) is 2.76. The van der Waals surface area contributed by atoms with Gasteiger partial charge in [0.2, 0.25) is 0 Å². The Labute approximate surface area is 114 Å². The first-order chi connectivity index (χ1) is 9.31. The van der Waals surface area contributed by atoms with Gasteiger partial charge in [-0.15, -0.1) is 0 Å². The smallest absolute Gasteiger partial charge is 0.0589 e. The van der Waals surface area contributed by atoms with Crippen LogP contribution in [-0.4, -0.2) is 18.3 Å². The predicted molar refractivity (Wildman–Crippen MR) is 78.0 cm³/mol. The third-order valence-corrected chi connectivity index (χ3v) is 3.82. The number of fused-ring (bicyclic) bond motifs is 3. The topological polar surface area (TPSA) is 32.3 Å². The molecule has 2 N–H and O–H groups in total. The van der Waals surface area contributed by atoms with Crippen LogP contribution in [0.25, 0.3) is 11.1 Å². The van der Waals surface area contributed by atoms with Gasteiger partial charge in [-0.05, 0) is 28.2 Å². The molecule has 1 aliphatic carbocycles. The van der Waals surface area contributed by atoms with E-state index in [0.29, 0.717) is 0 Å². The van der Waals surface area contributed by atoms with E-state index >= 15 is 0 Å². The van der Waals surface area contributed by atoms with E-state index in [9.17, 15) is 0 Å². The van der Waals surface area contributed by atoms with Crippen LogP contribution in [-0.2, 0) is 0 Å². The maximum Gasteiger partial charge on any atom is 0.0589 e. The normalized spacial score (nSPS) is 15.1. The van der Waals surface area contributed by atoms with Crippen molar-refractivity contribution in [3.8, 4) is 11.1 Å². The fourth-order valence-corrected chi connectivity index (χ4v) is 2.76. The highest BCUT2D eigenvalue weighted by atomic mass is 16.3. The van der Waals surface area contributed by atoms with Crippen molar-refractivity contribution >= 4 is 0 Å². The Morgan fingerprint density at radius 3 is 2.05 bits per heavy atom. The average Bonchev–Trinajstić information content (AvgIpc) is 2.79. The van der Waals surface area contributed by atoms with Crippen molar-refractivity contribution in [3.05, 3.63) is 59.7 Å². The molecule has 0 heterocycles. The maximum absolute atomic E-state index is 9.16. The van der Waals surface area contributed by atoms with E-state index in [2.05, 4.69) is 60.8 Å². The second-order valence-electron chi connectivity index (χ2n) is 5.30. The highest BCUT2D eigenvalue weighted by Gasteiger charge is 2.27. The van der Waals surface area contributed by atoms with Crippen LogP contribution < -0.4 is 5.32 Å². The number of aliphatic hydroxyl groups excluding tert-OH is 1. The molecule has 0 radical (unpaired) electrons. The monoisotopic (exact) mass is 253 g/mol. The summed E-state index contributed by atoms with van der Waals surface area (Å²) in [5.74, 6) is 0.278. The van der Waals surface area contributed by atoms with E-state index in [-0.39, 0.29) is 18.6 Å². The van der Waals surface area contributed by atoms with Crippen LogP contribution in [0.3, 0.4) is 0 Å². The van der Waals surface area contributed by atoms with E-state index < -0.39 is 0 Å². The van der Waals surface area contributed by atoms with Crippen molar-refractivity contribution in [3.63, 3.8) is 0 Å². The molecule has 0 spiro atoms. The molecule has 3 rings (SSSR count). The van der Waals surface area contributed by atoms with Gasteiger partial charge in [0.25, 0.3) is 0 Å². The summed E-state index contributed by atoms with van der Waals surface area (Å²) in [6.07, 6.45) is 0. The summed E-state index contributed by atoms with van der Waals surface area (Å²) < 4.78 is 0. The second kappa shape index (κ2) is 5.16. The van der Waals surface area contributed by atoms with E-state index in [0.717, 1.165) is 6.54 Å². The van der Waals surface area contributed by atoms with Crippen LogP contribution in [0.15, 0.2) is 48.5 Å². The Morgan fingerprint density at radius 1 is 1.00 bits per heavy atom. The quantitative estimate of drug-likeness (QED) is 0.878. The minimum absolute atomic E-state index is 0.225. The van der Waals surface area contributed by atoms with E-state index in [4.69, 9.17) is 5.11 Å². The minimum Gasteiger partial charge on any atom is -0.396 e. The molecule has 19 heavy (non-hydrogen) atoms. The SMILES string of the molecule is CC(CO)CNC1c2ccccc2-c2ccccc21. The number of rotatable bonds is 4. The number of aliphatic hydroxyl groups is 1. The van der Waals surface area contributed by atoms with Crippen LogP contribution in [0.2, 0.25) is 0 Å². The van der Waals surface area contributed by atoms with Crippen LogP contribution in [0, 0.1) is 5.92 Å². The van der Waals surface area contributed by atoms with Crippen LogP contribution in [0.5, 0.6) is 0 Å². The zero-order valence-electron chi connectivity index (χ0n) is 11.1. The van der Waals surface area contributed by atoms with Gasteiger partial charge in [0.15, 0.2) is 0 Å². The van der Waals surface area contributed by atoms with Crippen molar-refractivity contribution in [2.24, 2.45) is 5.92 Å². The van der Waals surface area contributed by atoms with Gasteiger partial charge >= 0.3 is 0 Å². The van der Waals surface area contributed by atoms with Crippen molar-refractivity contribution in [2.75, 3.05) is 13.2 Å². The molecule has 0 amide bonds. The summed E-state index contributed by atoms with van der Waals surface area (Å²) in [7, 11) is 0. The Morgan fingerprint density at radius 2 is 1.53 bits per heavy atom. The molecule has 0 aliphatic heterocycles. The first-order valence-corrected chi connectivity index (χ1v) is 6.83. The standard InChI is InChI=1S/C17H19NO/c1-12(11-19)10-18-17-15-8-4-2-6-13(15)14-7-3-5-9-16(14)17/h2-9,12,17-19H,10-11H2,1H3. The van der Waals surface area contributed by atoms with E-state index in [1.54, 1.807) is 0 Å². The van der Waals surface area contributed by atoms with Gasteiger partial charge in [0.05, 0.1) is 6.04 Å². The zero-order valence-corrected chi connectivity index (χ0v) is 11.1. The lowest BCUT2D eigenvalue weighted by Gasteiger charge is -2.18. The molecule has 0 bridgehead atoms. The molecule has 0 aromatic heterocycles. The van der Waals surface area contributed by atoms with Crippen LogP contribution >= 0.6 is 0 Å². The molecule has 1 unspecified atom stereocenters. The lowest BCUT2D eigenvalue weighted by molar-refractivity contribution is 0.232.